The van der Waals surface area contributed by atoms with E-state index in [0.29, 0.717) is 6.42 Å². The van der Waals surface area contributed by atoms with Crippen LogP contribution >= 0.6 is 0 Å². The second-order valence-electron chi connectivity index (χ2n) is 4.59. The molecule has 0 aliphatic carbocycles. The molecule has 2 atom stereocenters. The van der Waals surface area contributed by atoms with Gasteiger partial charge in [0, 0.05) is 6.42 Å². The lowest BCUT2D eigenvalue weighted by Gasteiger charge is -2.23. The van der Waals surface area contributed by atoms with Gasteiger partial charge in [0.05, 0.1) is 19.1 Å². The van der Waals surface area contributed by atoms with E-state index in [1.807, 2.05) is 0 Å². The second kappa shape index (κ2) is 5.04. The summed E-state index contributed by atoms with van der Waals surface area (Å²) in [5.41, 5.74) is 0.758. The molecule has 1 fully saturated rings. The Hall–Kier alpha value is -1.46. The predicted octanol–water partition coefficient (Wildman–Crippen LogP) is 1.97. The number of carbonyl (C=O) groups is 1. The summed E-state index contributed by atoms with van der Waals surface area (Å²) in [5.74, 6) is -2.11. The lowest BCUT2D eigenvalue weighted by molar-refractivity contribution is -0.158. The van der Waals surface area contributed by atoms with E-state index in [4.69, 9.17) is 14.6 Å². The van der Waals surface area contributed by atoms with Crippen molar-refractivity contribution in [3.63, 3.8) is 0 Å². The molecule has 0 amide bonds. The maximum atomic E-state index is 13.1. The molecule has 1 N–H and O–H groups in total. The molecular weight excluding hydrogens is 239 g/mol. The molecule has 0 spiro atoms. The topological polar surface area (TPSA) is 55.8 Å². The van der Waals surface area contributed by atoms with Crippen molar-refractivity contribution in [2.45, 2.75) is 31.7 Å². The van der Waals surface area contributed by atoms with E-state index >= 15 is 0 Å². The third kappa shape index (κ3) is 3.27. The highest BCUT2D eigenvalue weighted by molar-refractivity contribution is 5.67. The molecule has 1 aromatic rings. The highest BCUT2D eigenvalue weighted by Crippen LogP contribution is 2.28. The molecule has 98 valence electrons. The molecule has 0 aromatic heterocycles. The molecule has 1 aliphatic rings. The van der Waals surface area contributed by atoms with Crippen molar-refractivity contribution in [2.75, 3.05) is 6.61 Å². The van der Waals surface area contributed by atoms with Crippen molar-refractivity contribution in [3.05, 3.63) is 35.6 Å². The fourth-order valence-electron chi connectivity index (χ4n) is 2.10. The number of aliphatic carboxylic acids is 1. The zero-order valence-corrected chi connectivity index (χ0v) is 10.1. The molecule has 0 saturated carbocycles. The average molecular weight is 254 g/mol. The van der Waals surface area contributed by atoms with E-state index in [1.165, 1.54) is 12.1 Å². The van der Waals surface area contributed by atoms with Gasteiger partial charge >= 0.3 is 5.97 Å². The van der Waals surface area contributed by atoms with Gasteiger partial charge in [0.15, 0.2) is 5.79 Å². The molecule has 2 unspecified atom stereocenters. The fraction of sp³-hybridized carbons (Fsp3) is 0.462. The summed E-state index contributed by atoms with van der Waals surface area (Å²) >= 11 is 0. The largest absolute Gasteiger partial charge is 0.481 e. The van der Waals surface area contributed by atoms with Crippen molar-refractivity contribution in [2.24, 2.45) is 0 Å². The van der Waals surface area contributed by atoms with E-state index in [2.05, 4.69) is 0 Å². The zero-order chi connectivity index (χ0) is 13.2. The summed E-state index contributed by atoms with van der Waals surface area (Å²) in [6, 6.07) is 6.20. The van der Waals surface area contributed by atoms with Crippen LogP contribution in [0.25, 0.3) is 0 Å². The van der Waals surface area contributed by atoms with Crippen molar-refractivity contribution in [3.8, 4) is 0 Å². The first-order valence-corrected chi connectivity index (χ1v) is 5.75. The van der Waals surface area contributed by atoms with Crippen LogP contribution in [0.1, 0.15) is 18.9 Å². The van der Waals surface area contributed by atoms with Crippen molar-refractivity contribution in [1.29, 1.82) is 0 Å². The average Bonchev–Trinajstić information content (AvgIpc) is 2.58. The first-order chi connectivity index (χ1) is 8.47. The van der Waals surface area contributed by atoms with E-state index in [-0.39, 0.29) is 18.8 Å². The normalized spacial score (nSPS) is 27.3. The second-order valence-corrected chi connectivity index (χ2v) is 4.59. The van der Waals surface area contributed by atoms with Gasteiger partial charge in [-0.25, -0.2) is 4.39 Å². The van der Waals surface area contributed by atoms with Crippen LogP contribution < -0.4 is 0 Å². The highest BCUT2D eigenvalue weighted by Gasteiger charge is 2.38. The van der Waals surface area contributed by atoms with E-state index in [0.717, 1.165) is 5.56 Å². The van der Waals surface area contributed by atoms with Gasteiger partial charge in [0.25, 0.3) is 0 Å². The predicted molar refractivity (Wildman–Crippen MR) is 61.6 cm³/mol. The van der Waals surface area contributed by atoms with Crippen LogP contribution in [0.3, 0.4) is 0 Å². The van der Waals surface area contributed by atoms with Crippen LogP contribution in [0, 0.1) is 5.82 Å². The molecule has 1 saturated heterocycles. The lowest BCUT2D eigenvalue weighted by Crippen LogP contribution is -2.30. The molecule has 1 aromatic carbocycles. The number of rotatable bonds is 4. The third-order valence-electron chi connectivity index (χ3n) is 2.81. The maximum absolute atomic E-state index is 13.1. The molecule has 5 heteroatoms. The van der Waals surface area contributed by atoms with E-state index in [9.17, 15) is 9.18 Å². The van der Waals surface area contributed by atoms with Crippen LogP contribution in [0.15, 0.2) is 24.3 Å². The number of carboxylic acids is 1. The summed E-state index contributed by atoms with van der Waals surface area (Å²) in [6.45, 7) is 1.98. The minimum absolute atomic E-state index is 0.0846. The summed E-state index contributed by atoms with van der Waals surface area (Å²) < 4.78 is 24.1. The van der Waals surface area contributed by atoms with Gasteiger partial charge < -0.3 is 14.6 Å². The zero-order valence-electron chi connectivity index (χ0n) is 10.1. The molecule has 18 heavy (non-hydrogen) atoms. The van der Waals surface area contributed by atoms with Gasteiger partial charge in [-0.05, 0) is 24.6 Å². The number of carboxylic acid groups (broad SMARTS) is 1. The Kier molecular flexibility index (Phi) is 3.63. The fourth-order valence-corrected chi connectivity index (χ4v) is 2.10. The SMILES string of the molecule is CC1(Cc2cccc(F)c2)OCC(CC(=O)O)O1. The Morgan fingerprint density at radius 1 is 1.61 bits per heavy atom. The maximum Gasteiger partial charge on any atom is 0.306 e. The molecule has 0 bridgehead atoms. The molecule has 1 aliphatic heterocycles. The highest BCUT2D eigenvalue weighted by atomic mass is 19.1. The number of ether oxygens (including phenoxy) is 2. The Bertz CT molecular complexity index is 448. The van der Waals surface area contributed by atoms with Crippen molar-refractivity contribution in [1.82, 2.24) is 0 Å². The van der Waals surface area contributed by atoms with Gasteiger partial charge in [-0.3, -0.25) is 4.79 Å². The van der Waals surface area contributed by atoms with E-state index < -0.39 is 17.9 Å². The Labute approximate surface area is 104 Å². The first kappa shape index (κ1) is 13.0. The third-order valence-corrected chi connectivity index (χ3v) is 2.81. The number of hydrogen-bond donors (Lipinski definition) is 1. The molecular formula is C13H15FO4. The monoisotopic (exact) mass is 254 g/mol. The van der Waals surface area contributed by atoms with Gasteiger partial charge in [0.1, 0.15) is 5.82 Å². The van der Waals surface area contributed by atoms with Crippen LogP contribution in [0.2, 0.25) is 0 Å². The molecule has 0 radical (unpaired) electrons. The summed E-state index contributed by atoms with van der Waals surface area (Å²) in [5, 5.41) is 8.69. The Morgan fingerprint density at radius 3 is 3.06 bits per heavy atom. The van der Waals surface area contributed by atoms with Crippen LogP contribution in [-0.2, 0) is 20.7 Å². The minimum Gasteiger partial charge on any atom is -0.481 e. The number of benzene rings is 1. The number of hydrogen-bond acceptors (Lipinski definition) is 3. The molecule has 2 rings (SSSR count). The van der Waals surface area contributed by atoms with Gasteiger partial charge in [-0.15, -0.1) is 0 Å². The standard InChI is InChI=1S/C13H15FO4/c1-13(7-9-3-2-4-10(14)5-9)17-8-11(18-13)6-12(15)16/h2-5,11H,6-8H2,1H3,(H,15,16). The quantitative estimate of drug-likeness (QED) is 0.892. The van der Waals surface area contributed by atoms with Gasteiger partial charge in [-0.1, -0.05) is 12.1 Å². The summed E-state index contributed by atoms with van der Waals surface area (Å²) in [6.07, 6.45) is -0.138. The van der Waals surface area contributed by atoms with E-state index in [1.54, 1.807) is 19.1 Å². The van der Waals surface area contributed by atoms with Crippen molar-refractivity contribution < 1.29 is 23.8 Å². The van der Waals surface area contributed by atoms with Crippen LogP contribution in [0.5, 0.6) is 0 Å². The van der Waals surface area contributed by atoms with Crippen LogP contribution in [0.4, 0.5) is 4.39 Å². The van der Waals surface area contributed by atoms with Crippen molar-refractivity contribution >= 4 is 5.97 Å². The van der Waals surface area contributed by atoms with Gasteiger partial charge in [0.2, 0.25) is 0 Å². The lowest BCUT2D eigenvalue weighted by atomic mass is 10.1. The molecule has 4 nitrogen and oxygen atoms in total. The summed E-state index contributed by atoms with van der Waals surface area (Å²) in [7, 11) is 0. The number of halogens is 1. The van der Waals surface area contributed by atoms with Gasteiger partial charge in [-0.2, -0.15) is 0 Å². The smallest absolute Gasteiger partial charge is 0.306 e. The minimum atomic E-state index is -0.918. The summed E-state index contributed by atoms with van der Waals surface area (Å²) in [4.78, 5) is 10.6. The van der Waals surface area contributed by atoms with Crippen LogP contribution in [-0.4, -0.2) is 29.6 Å². The Morgan fingerprint density at radius 2 is 2.39 bits per heavy atom. The Balaban J connectivity index is 1.99. The first-order valence-electron chi connectivity index (χ1n) is 5.75. The molecule has 1 heterocycles.